The van der Waals surface area contributed by atoms with E-state index in [9.17, 15) is 27.9 Å². The summed E-state index contributed by atoms with van der Waals surface area (Å²) in [5.74, 6) is -0.665. The Hall–Kier alpha value is -3.47. The number of hydrogen-bond acceptors (Lipinski definition) is 5. The number of nitrogens with zero attached hydrogens (tertiary/aromatic N) is 3. The first-order valence-corrected chi connectivity index (χ1v) is 10.3. The van der Waals surface area contributed by atoms with Gasteiger partial charge in [-0.25, -0.2) is 4.98 Å². The summed E-state index contributed by atoms with van der Waals surface area (Å²) in [6.07, 6.45) is 0.0468. The number of imidazole rings is 1. The third-order valence-corrected chi connectivity index (χ3v) is 4.89. The van der Waals surface area contributed by atoms with Gasteiger partial charge in [-0.2, -0.15) is 13.2 Å². The molecule has 0 bridgehead atoms. The van der Waals surface area contributed by atoms with Crippen molar-refractivity contribution in [2.75, 3.05) is 6.61 Å². The fraction of sp³-hybridized carbons (Fsp3) is 0.364. The first-order valence-electron chi connectivity index (χ1n) is 10.3. The Morgan fingerprint density at radius 2 is 1.88 bits per heavy atom. The predicted octanol–water partition coefficient (Wildman–Crippen LogP) is 2.81. The quantitative estimate of drug-likeness (QED) is 0.476. The van der Waals surface area contributed by atoms with Crippen LogP contribution in [0, 0.1) is 5.92 Å². The molecule has 3 rings (SSSR count). The van der Waals surface area contributed by atoms with Crippen molar-refractivity contribution in [3.05, 3.63) is 65.4 Å². The van der Waals surface area contributed by atoms with Gasteiger partial charge >= 0.3 is 6.18 Å². The second-order valence-corrected chi connectivity index (χ2v) is 7.97. The summed E-state index contributed by atoms with van der Waals surface area (Å²) < 4.78 is 39.3. The molecule has 176 valence electrons. The van der Waals surface area contributed by atoms with Crippen molar-refractivity contribution >= 4 is 17.5 Å². The molecular weight excluding hydrogens is 439 g/mol. The summed E-state index contributed by atoms with van der Waals surface area (Å²) in [6, 6.07) is 4.79. The normalized spacial score (nSPS) is 12.7. The smallest absolute Gasteiger partial charge is 0.394 e. The van der Waals surface area contributed by atoms with Crippen molar-refractivity contribution in [1.82, 2.24) is 25.0 Å². The highest BCUT2D eigenvalue weighted by Gasteiger charge is 2.32. The zero-order valence-electron chi connectivity index (χ0n) is 18.1. The summed E-state index contributed by atoms with van der Waals surface area (Å²) in [7, 11) is 0. The summed E-state index contributed by atoms with van der Waals surface area (Å²) in [4.78, 5) is 32.9. The number of halogens is 3. The monoisotopic (exact) mass is 463 g/mol. The van der Waals surface area contributed by atoms with E-state index in [0.717, 1.165) is 12.3 Å². The molecule has 3 aromatic heterocycles. The molecule has 11 heteroatoms. The molecule has 2 amide bonds. The van der Waals surface area contributed by atoms with Gasteiger partial charge in [0.1, 0.15) is 17.0 Å². The van der Waals surface area contributed by atoms with Crippen LogP contribution in [0.3, 0.4) is 0 Å². The van der Waals surface area contributed by atoms with E-state index in [-0.39, 0.29) is 36.0 Å². The number of aliphatic hydroxyl groups is 1. The van der Waals surface area contributed by atoms with Crippen molar-refractivity contribution in [2.24, 2.45) is 5.92 Å². The van der Waals surface area contributed by atoms with Crippen LogP contribution in [0.5, 0.6) is 0 Å². The topological polar surface area (TPSA) is 109 Å². The number of hydrogen-bond donors (Lipinski definition) is 3. The third-order valence-electron chi connectivity index (χ3n) is 4.89. The lowest BCUT2D eigenvalue weighted by molar-refractivity contribution is -0.141. The second-order valence-electron chi connectivity index (χ2n) is 7.97. The van der Waals surface area contributed by atoms with E-state index in [2.05, 4.69) is 20.6 Å². The van der Waals surface area contributed by atoms with Gasteiger partial charge in [-0.1, -0.05) is 19.9 Å². The number of aromatic nitrogens is 3. The Bertz CT molecular complexity index is 1130. The molecule has 1 atom stereocenters. The molecule has 0 saturated carbocycles. The van der Waals surface area contributed by atoms with E-state index in [1.165, 1.54) is 22.7 Å². The van der Waals surface area contributed by atoms with Crippen molar-refractivity contribution < 1.29 is 27.9 Å². The molecule has 0 aromatic carbocycles. The SMILES string of the molecule is CC(C)C[C@@H](CO)NC(=O)c1cnc2c(C(=O)NCc3ccc(C(F)(F)F)nc3)cccn12. The number of aliphatic hydroxyl groups excluding tert-OH is 1. The van der Waals surface area contributed by atoms with Crippen molar-refractivity contribution in [2.45, 2.75) is 39.0 Å². The van der Waals surface area contributed by atoms with E-state index in [1.807, 2.05) is 13.8 Å². The average Bonchev–Trinajstić information content (AvgIpc) is 3.20. The molecule has 3 heterocycles. The van der Waals surface area contributed by atoms with Crippen LogP contribution in [0.1, 0.15) is 52.4 Å². The van der Waals surface area contributed by atoms with Crippen molar-refractivity contribution in [3.63, 3.8) is 0 Å². The van der Waals surface area contributed by atoms with Crippen LogP contribution in [-0.4, -0.2) is 43.9 Å². The van der Waals surface area contributed by atoms with E-state index in [1.54, 1.807) is 12.3 Å². The molecule has 0 aliphatic carbocycles. The lowest BCUT2D eigenvalue weighted by atomic mass is 10.0. The Morgan fingerprint density at radius 3 is 2.48 bits per heavy atom. The number of fused-ring (bicyclic) bond motifs is 1. The fourth-order valence-corrected chi connectivity index (χ4v) is 3.34. The Morgan fingerprint density at radius 1 is 1.12 bits per heavy atom. The zero-order valence-corrected chi connectivity index (χ0v) is 18.1. The van der Waals surface area contributed by atoms with Crippen molar-refractivity contribution in [1.29, 1.82) is 0 Å². The maximum Gasteiger partial charge on any atom is 0.433 e. The van der Waals surface area contributed by atoms with Crippen LogP contribution in [0.25, 0.3) is 5.65 Å². The molecule has 8 nitrogen and oxygen atoms in total. The second kappa shape index (κ2) is 9.99. The minimum absolute atomic E-state index is 0.0353. The van der Waals surface area contributed by atoms with Gasteiger partial charge in [-0.05, 0) is 36.1 Å². The molecule has 0 aliphatic rings. The molecule has 0 unspecified atom stereocenters. The Balaban J connectivity index is 1.73. The van der Waals surface area contributed by atoms with E-state index in [0.29, 0.717) is 12.0 Å². The molecule has 0 saturated heterocycles. The summed E-state index contributed by atoms with van der Waals surface area (Å²) >= 11 is 0. The lowest BCUT2D eigenvalue weighted by Crippen LogP contribution is -2.38. The Kier molecular flexibility index (Phi) is 7.32. The number of amides is 2. The minimum atomic E-state index is -4.53. The highest BCUT2D eigenvalue weighted by atomic mass is 19.4. The molecular formula is C22H24F3N5O3. The fourth-order valence-electron chi connectivity index (χ4n) is 3.34. The number of pyridine rings is 2. The van der Waals surface area contributed by atoms with Gasteiger partial charge < -0.3 is 15.7 Å². The maximum absolute atomic E-state index is 12.7. The molecule has 0 spiro atoms. The highest BCUT2D eigenvalue weighted by molar-refractivity contribution is 6.01. The molecule has 0 aliphatic heterocycles. The number of carbonyl (C=O) groups excluding carboxylic acids is 2. The Labute approximate surface area is 187 Å². The van der Waals surface area contributed by atoms with E-state index >= 15 is 0 Å². The zero-order chi connectivity index (χ0) is 24.2. The van der Waals surface area contributed by atoms with Gasteiger partial charge in [-0.3, -0.25) is 19.0 Å². The van der Waals surface area contributed by atoms with Gasteiger partial charge in [0.15, 0.2) is 0 Å². The van der Waals surface area contributed by atoms with E-state index in [4.69, 9.17) is 0 Å². The molecule has 3 N–H and O–H groups in total. The van der Waals surface area contributed by atoms with Crippen LogP contribution in [-0.2, 0) is 12.7 Å². The lowest BCUT2D eigenvalue weighted by Gasteiger charge is -2.18. The van der Waals surface area contributed by atoms with Crippen LogP contribution >= 0.6 is 0 Å². The molecule has 3 aromatic rings. The average molecular weight is 463 g/mol. The largest absolute Gasteiger partial charge is 0.433 e. The number of carbonyl (C=O) groups is 2. The van der Waals surface area contributed by atoms with Crippen molar-refractivity contribution in [3.8, 4) is 0 Å². The van der Waals surface area contributed by atoms with Gasteiger partial charge in [0, 0.05) is 18.9 Å². The number of rotatable bonds is 8. The standard InChI is InChI=1S/C22H24F3N5O3/c1-13(2)8-15(12-31)29-21(33)17-11-27-19-16(4-3-7-30(17)19)20(32)28-10-14-5-6-18(26-9-14)22(23,24)25/h3-7,9,11,13,15,31H,8,10,12H2,1-2H3,(H,28,32)(H,29,33)/t15-/m0/s1. The summed E-state index contributed by atoms with van der Waals surface area (Å²) in [6.45, 7) is 3.73. The van der Waals surface area contributed by atoms with Crippen LogP contribution in [0.2, 0.25) is 0 Å². The van der Waals surface area contributed by atoms with Crippen LogP contribution in [0.15, 0.2) is 42.9 Å². The van der Waals surface area contributed by atoms with Crippen LogP contribution < -0.4 is 10.6 Å². The number of nitrogens with one attached hydrogen (secondary N) is 2. The summed E-state index contributed by atoms with van der Waals surface area (Å²) in [5.41, 5.74) is 0.0236. The first-order chi connectivity index (χ1) is 15.6. The van der Waals surface area contributed by atoms with Crippen LogP contribution in [0.4, 0.5) is 13.2 Å². The minimum Gasteiger partial charge on any atom is -0.394 e. The van der Waals surface area contributed by atoms with E-state index < -0.39 is 29.7 Å². The summed E-state index contributed by atoms with van der Waals surface area (Å²) in [5, 5.41) is 14.9. The predicted molar refractivity (Wildman–Crippen MR) is 113 cm³/mol. The van der Waals surface area contributed by atoms with Gasteiger partial charge in [0.25, 0.3) is 11.8 Å². The maximum atomic E-state index is 12.7. The molecule has 33 heavy (non-hydrogen) atoms. The molecule has 0 radical (unpaired) electrons. The first kappa shape index (κ1) is 24.2. The van der Waals surface area contributed by atoms with Gasteiger partial charge in [0.2, 0.25) is 0 Å². The third kappa shape index (κ3) is 5.86. The highest BCUT2D eigenvalue weighted by Crippen LogP contribution is 2.27. The van der Waals surface area contributed by atoms with Gasteiger partial charge in [-0.15, -0.1) is 0 Å². The van der Waals surface area contributed by atoms with Gasteiger partial charge in [0.05, 0.1) is 24.4 Å². The number of alkyl halides is 3. The molecule has 0 fully saturated rings.